The Labute approximate surface area is 196 Å². The Morgan fingerprint density at radius 1 is 0.939 bits per heavy atom. The van der Waals surface area contributed by atoms with Crippen LogP contribution in [0.5, 0.6) is 0 Å². The molecule has 2 fully saturated rings. The molecule has 0 spiro atoms. The van der Waals surface area contributed by atoms with Gasteiger partial charge in [0.2, 0.25) is 0 Å². The average molecular weight is 439 g/mol. The maximum atomic E-state index is 4.71. The van der Waals surface area contributed by atoms with Crippen LogP contribution >= 0.6 is 0 Å². The van der Waals surface area contributed by atoms with Crippen molar-refractivity contribution in [3.8, 4) is 0 Å². The van der Waals surface area contributed by atoms with Crippen LogP contribution in [0, 0.1) is 28.6 Å². The van der Waals surface area contributed by atoms with Crippen LogP contribution in [0.15, 0.2) is 67.0 Å². The standard InChI is InChI=1S/C29H34N4/c1-28-13-11-21(32-16-15-30-18-32)17-20(28)7-8-22-23-9-10-27(29(23,2)14-12-24(22)28)33-19-31-25-5-3-4-6-26(25)33/h3-7,10,15-16,18-19,21-24H,8-9,11-14,17H2,1-2H3/t21-,22+,23+,24+,28+,29+/m1/s1. The molecule has 0 aliphatic heterocycles. The van der Waals surface area contributed by atoms with Crippen LogP contribution in [0.3, 0.4) is 0 Å². The molecule has 4 aliphatic rings. The third-order valence-corrected chi connectivity index (χ3v) is 10.3. The summed E-state index contributed by atoms with van der Waals surface area (Å²) in [5.41, 5.74) is 6.23. The highest BCUT2D eigenvalue weighted by molar-refractivity contribution is 5.80. The molecule has 170 valence electrons. The highest BCUT2D eigenvalue weighted by atomic mass is 15.1. The fourth-order valence-electron chi connectivity index (χ4n) is 8.45. The van der Waals surface area contributed by atoms with Gasteiger partial charge in [0.25, 0.3) is 0 Å². The predicted molar refractivity (Wildman–Crippen MR) is 132 cm³/mol. The van der Waals surface area contributed by atoms with Crippen LogP contribution in [0.2, 0.25) is 0 Å². The molecule has 0 bridgehead atoms. The number of imidazole rings is 2. The average Bonchev–Trinajstić information content (AvgIpc) is 3.57. The van der Waals surface area contributed by atoms with Crippen LogP contribution in [-0.2, 0) is 0 Å². The second kappa shape index (κ2) is 6.94. The third-order valence-electron chi connectivity index (χ3n) is 10.3. The number of hydrogen-bond donors (Lipinski definition) is 0. The summed E-state index contributed by atoms with van der Waals surface area (Å²) in [6.07, 6.45) is 22.3. The Balaban J connectivity index is 1.20. The maximum Gasteiger partial charge on any atom is 0.100 e. The molecule has 0 saturated heterocycles. The summed E-state index contributed by atoms with van der Waals surface area (Å²) in [4.78, 5) is 9.02. The van der Waals surface area contributed by atoms with Gasteiger partial charge in [0.1, 0.15) is 6.33 Å². The highest BCUT2D eigenvalue weighted by Crippen LogP contribution is 2.66. The third kappa shape index (κ3) is 2.70. The van der Waals surface area contributed by atoms with E-state index in [1.165, 1.54) is 56.2 Å². The molecule has 0 radical (unpaired) electrons. The predicted octanol–water partition coefficient (Wildman–Crippen LogP) is 6.89. The van der Waals surface area contributed by atoms with E-state index in [-0.39, 0.29) is 5.41 Å². The SMILES string of the molecule is C[C@]12CC[C@@H](n3ccnc3)CC1=CC[C@@H]1[C@@H]2CC[C@]2(C)C(n3cnc4ccccc43)=CC[C@@H]12. The molecule has 0 unspecified atom stereocenters. The van der Waals surface area contributed by atoms with Crippen molar-refractivity contribution in [2.24, 2.45) is 28.6 Å². The van der Waals surface area contributed by atoms with Crippen molar-refractivity contribution in [3.05, 3.63) is 67.0 Å². The fraction of sp³-hybridized carbons (Fsp3) is 0.517. The molecule has 1 aromatic carbocycles. The summed E-state index contributed by atoms with van der Waals surface area (Å²) in [5.74, 6) is 2.37. The molecule has 2 saturated carbocycles. The number of hydrogen-bond acceptors (Lipinski definition) is 2. The van der Waals surface area contributed by atoms with Gasteiger partial charge in [0.05, 0.1) is 17.4 Å². The topological polar surface area (TPSA) is 35.6 Å². The minimum Gasteiger partial charge on any atom is -0.334 e. The molecule has 4 nitrogen and oxygen atoms in total. The minimum absolute atomic E-state index is 0.250. The number of rotatable bonds is 2. The van der Waals surface area contributed by atoms with Crippen LogP contribution < -0.4 is 0 Å². The molecule has 3 aromatic rings. The van der Waals surface area contributed by atoms with E-state index in [2.05, 4.69) is 76.9 Å². The summed E-state index contributed by atoms with van der Waals surface area (Å²) < 4.78 is 4.74. The van der Waals surface area contributed by atoms with E-state index in [1.54, 1.807) is 5.57 Å². The molecule has 4 aliphatic carbocycles. The first-order chi connectivity index (χ1) is 16.1. The van der Waals surface area contributed by atoms with E-state index in [1.807, 2.05) is 12.5 Å². The molecule has 0 N–H and O–H groups in total. The zero-order valence-corrected chi connectivity index (χ0v) is 19.8. The second-order valence-corrected chi connectivity index (χ2v) is 11.6. The summed E-state index contributed by atoms with van der Waals surface area (Å²) in [6, 6.07) is 9.17. The van der Waals surface area contributed by atoms with Crippen molar-refractivity contribution in [3.63, 3.8) is 0 Å². The number of fused-ring (bicyclic) bond motifs is 6. The van der Waals surface area contributed by atoms with Crippen LogP contribution in [0.25, 0.3) is 16.7 Å². The molecule has 33 heavy (non-hydrogen) atoms. The lowest BCUT2D eigenvalue weighted by Crippen LogP contribution is -2.49. The van der Waals surface area contributed by atoms with Crippen molar-refractivity contribution in [1.29, 1.82) is 0 Å². The summed E-state index contributed by atoms with van der Waals surface area (Å²) in [6.45, 7) is 5.16. The number of aromatic nitrogens is 4. The van der Waals surface area contributed by atoms with E-state index >= 15 is 0 Å². The Bertz CT molecular complexity index is 1260. The lowest BCUT2D eigenvalue weighted by molar-refractivity contribution is -0.0151. The number of allylic oxidation sites excluding steroid dienone is 4. The van der Waals surface area contributed by atoms with Gasteiger partial charge in [-0.25, -0.2) is 9.97 Å². The lowest BCUT2D eigenvalue weighted by Gasteiger charge is -2.58. The molecule has 4 heteroatoms. The van der Waals surface area contributed by atoms with Crippen molar-refractivity contribution in [2.75, 3.05) is 0 Å². The molecule has 2 aromatic heterocycles. The van der Waals surface area contributed by atoms with E-state index in [0.717, 1.165) is 23.3 Å². The Hall–Kier alpha value is -2.62. The number of benzene rings is 1. The largest absolute Gasteiger partial charge is 0.334 e. The normalized spacial score (nSPS) is 37.8. The quantitative estimate of drug-likeness (QED) is 0.409. The summed E-state index contributed by atoms with van der Waals surface area (Å²) >= 11 is 0. The Morgan fingerprint density at radius 3 is 2.70 bits per heavy atom. The molecule has 0 amide bonds. The lowest BCUT2D eigenvalue weighted by atomic mass is 9.47. The van der Waals surface area contributed by atoms with Crippen molar-refractivity contribution < 1.29 is 0 Å². The first-order valence-corrected chi connectivity index (χ1v) is 12.9. The van der Waals surface area contributed by atoms with Crippen LogP contribution in [0.4, 0.5) is 0 Å². The first kappa shape index (κ1) is 19.8. The number of nitrogens with zero attached hydrogens (tertiary/aromatic N) is 4. The molecule has 6 atom stereocenters. The van der Waals surface area contributed by atoms with E-state index in [0.29, 0.717) is 11.5 Å². The van der Waals surface area contributed by atoms with Gasteiger partial charge in [0.15, 0.2) is 0 Å². The molecular weight excluding hydrogens is 404 g/mol. The zero-order valence-electron chi connectivity index (χ0n) is 19.8. The van der Waals surface area contributed by atoms with Gasteiger partial charge in [0, 0.05) is 29.5 Å². The van der Waals surface area contributed by atoms with Crippen molar-refractivity contribution in [2.45, 2.75) is 64.8 Å². The monoisotopic (exact) mass is 438 g/mol. The van der Waals surface area contributed by atoms with Gasteiger partial charge in [-0.05, 0) is 80.2 Å². The Morgan fingerprint density at radius 2 is 1.82 bits per heavy atom. The van der Waals surface area contributed by atoms with E-state index in [9.17, 15) is 0 Å². The van der Waals surface area contributed by atoms with Crippen molar-refractivity contribution >= 4 is 16.7 Å². The van der Waals surface area contributed by atoms with Gasteiger partial charge in [-0.2, -0.15) is 0 Å². The van der Waals surface area contributed by atoms with Crippen molar-refractivity contribution in [1.82, 2.24) is 19.1 Å². The molecule has 2 heterocycles. The fourth-order valence-corrected chi connectivity index (χ4v) is 8.45. The summed E-state index contributed by atoms with van der Waals surface area (Å²) in [5, 5.41) is 0. The first-order valence-electron chi connectivity index (χ1n) is 12.9. The van der Waals surface area contributed by atoms with Gasteiger partial charge >= 0.3 is 0 Å². The van der Waals surface area contributed by atoms with E-state index in [4.69, 9.17) is 4.98 Å². The zero-order chi connectivity index (χ0) is 22.2. The maximum absolute atomic E-state index is 4.71. The van der Waals surface area contributed by atoms with Crippen LogP contribution in [-0.4, -0.2) is 19.1 Å². The second-order valence-electron chi connectivity index (χ2n) is 11.6. The van der Waals surface area contributed by atoms with Crippen LogP contribution in [0.1, 0.15) is 64.8 Å². The van der Waals surface area contributed by atoms with Gasteiger partial charge in [-0.15, -0.1) is 0 Å². The smallest absolute Gasteiger partial charge is 0.100 e. The van der Waals surface area contributed by atoms with Gasteiger partial charge < -0.3 is 9.13 Å². The Kier molecular flexibility index (Phi) is 4.17. The van der Waals surface area contributed by atoms with Gasteiger partial charge in [-0.3, -0.25) is 0 Å². The van der Waals surface area contributed by atoms with Gasteiger partial charge in [-0.1, -0.05) is 43.7 Å². The molecular formula is C29H34N4. The number of para-hydroxylation sites is 2. The summed E-state index contributed by atoms with van der Waals surface area (Å²) in [7, 11) is 0. The molecule has 7 rings (SSSR count). The van der Waals surface area contributed by atoms with E-state index < -0.39 is 0 Å². The minimum atomic E-state index is 0.250. The highest BCUT2D eigenvalue weighted by Gasteiger charge is 2.57.